The summed E-state index contributed by atoms with van der Waals surface area (Å²) in [7, 11) is 0. The molecule has 4 rings (SSSR count). The quantitative estimate of drug-likeness (QED) is 0.221. The smallest absolute Gasteiger partial charge is 0.187 e. The fourth-order valence-electron chi connectivity index (χ4n) is 3.79. The number of rotatable bonds is 4. The predicted molar refractivity (Wildman–Crippen MR) is 147 cm³/mol. The van der Waals surface area contributed by atoms with Crippen molar-refractivity contribution in [1.82, 2.24) is 0 Å². The highest BCUT2D eigenvalue weighted by atomic mass is 16.1. The van der Waals surface area contributed by atoms with Crippen LogP contribution < -0.4 is 0 Å². The Morgan fingerprint density at radius 1 is 0.686 bits per heavy atom. The fraction of sp³-hybridized carbons (Fsp3) is 0.156. The molecule has 3 heteroatoms. The zero-order valence-electron chi connectivity index (χ0n) is 19.7. The first-order chi connectivity index (χ1) is 16.4. The minimum Gasteiger partial charge on any atom is -0.298 e. The molecule has 3 nitrogen and oxygen atoms in total. The Morgan fingerprint density at radius 2 is 1.20 bits per heavy atom. The van der Waals surface area contributed by atoms with Crippen molar-refractivity contribution in [3.8, 4) is 22.3 Å². The number of carbonyl (C=O) groups is 1. The second-order valence-corrected chi connectivity index (χ2v) is 8.14. The van der Waals surface area contributed by atoms with Gasteiger partial charge in [-0.1, -0.05) is 80.6 Å². The average Bonchev–Trinajstić information content (AvgIpc) is 2.88. The van der Waals surface area contributed by atoms with Crippen LogP contribution in [0.5, 0.6) is 0 Å². The Labute approximate surface area is 209 Å². The predicted octanol–water partition coefficient (Wildman–Crippen LogP) is 9.44. The number of aryl methyl sites for hydroxylation is 3. The Hall–Kier alpha value is -4.47. The van der Waals surface area contributed by atoms with E-state index >= 15 is 0 Å². The lowest BCUT2D eigenvalue weighted by Crippen LogP contribution is -1.85. The Balaban J connectivity index is 0.000000240. The van der Waals surface area contributed by atoms with Crippen molar-refractivity contribution in [2.24, 2.45) is 0 Å². The SMILES string of the molecule is C.[C-]#[N+]c1cccc(-c2cc(C)cc(C=O)c2)c1.[C-]#[N+]c1cccc(-c2cc(C)cc(CC)c2)c1. The molecule has 0 heterocycles. The van der Waals surface area contributed by atoms with Crippen molar-refractivity contribution in [3.63, 3.8) is 0 Å². The summed E-state index contributed by atoms with van der Waals surface area (Å²) < 4.78 is 0. The van der Waals surface area contributed by atoms with E-state index in [2.05, 4.69) is 47.8 Å². The third-order valence-corrected chi connectivity index (χ3v) is 5.40. The molecule has 0 fully saturated rings. The highest BCUT2D eigenvalue weighted by Gasteiger charge is 2.03. The summed E-state index contributed by atoms with van der Waals surface area (Å²) in [6.07, 6.45) is 1.88. The lowest BCUT2D eigenvalue weighted by atomic mass is 9.99. The lowest BCUT2D eigenvalue weighted by Gasteiger charge is -2.07. The van der Waals surface area contributed by atoms with Gasteiger partial charge in [0, 0.05) is 5.56 Å². The van der Waals surface area contributed by atoms with Crippen LogP contribution in [0.3, 0.4) is 0 Å². The first kappa shape index (κ1) is 26.8. The van der Waals surface area contributed by atoms with Gasteiger partial charge in [-0.05, 0) is 77.9 Å². The normalized spacial score (nSPS) is 9.51. The standard InChI is InChI=1S/C16H15N.C15H11NO.CH4/c1-4-13-8-12(2)9-15(10-13)14-6-5-7-16(11-14)17-3;1-11-6-12(10-17)8-14(7-11)13-4-3-5-15(9-13)16-2;/h5-11H,4H2,1-2H3;3-10H,1H3;1H4. The van der Waals surface area contributed by atoms with Crippen molar-refractivity contribution in [3.05, 3.63) is 130 Å². The van der Waals surface area contributed by atoms with Gasteiger partial charge < -0.3 is 0 Å². The van der Waals surface area contributed by atoms with Gasteiger partial charge in [0.05, 0.1) is 13.1 Å². The first-order valence-electron chi connectivity index (χ1n) is 11.1. The first-order valence-corrected chi connectivity index (χ1v) is 11.1. The molecular formula is C32H30N2O. The maximum Gasteiger partial charge on any atom is 0.187 e. The van der Waals surface area contributed by atoms with Crippen LogP contribution in [0.1, 0.15) is 41.4 Å². The van der Waals surface area contributed by atoms with Crippen molar-refractivity contribution in [2.45, 2.75) is 34.6 Å². The van der Waals surface area contributed by atoms with E-state index in [4.69, 9.17) is 13.1 Å². The van der Waals surface area contributed by atoms with Gasteiger partial charge in [-0.2, -0.15) is 0 Å². The van der Waals surface area contributed by atoms with Crippen molar-refractivity contribution in [1.29, 1.82) is 0 Å². The molecule has 0 saturated heterocycles. The highest BCUT2D eigenvalue weighted by Crippen LogP contribution is 2.27. The van der Waals surface area contributed by atoms with Gasteiger partial charge >= 0.3 is 0 Å². The van der Waals surface area contributed by atoms with Gasteiger partial charge in [0.25, 0.3) is 0 Å². The third-order valence-electron chi connectivity index (χ3n) is 5.40. The second kappa shape index (κ2) is 12.7. The van der Waals surface area contributed by atoms with Crippen LogP contribution in [0, 0.1) is 27.0 Å². The van der Waals surface area contributed by atoms with E-state index in [9.17, 15) is 4.79 Å². The molecule has 0 amide bonds. The van der Waals surface area contributed by atoms with Gasteiger partial charge in [-0.3, -0.25) is 4.79 Å². The van der Waals surface area contributed by atoms with E-state index < -0.39 is 0 Å². The van der Waals surface area contributed by atoms with Gasteiger partial charge in [0.15, 0.2) is 11.4 Å². The van der Waals surface area contributed by atoms with E-state index in [0.717, 1.165) is 35.0 Å². The van der Waals surface area contributed by atoms with E-state index in [1.807, 2.05) is 61.5 Å². The summed E-state index contributed by atoms with van der Waals surface area (Å²) >= 11 is 0. The number of carbonyl (C=O) groups excluding carboxylic acids is 1. The van der Waals surface area contributed by atoms with Crippen LogP contribution in [0.4, 0.5) is 11.4 Å². The average molecular weight is 459 g/mol. The highest BCUT2D eigenvalue weighted by molar-refractivity contribution is 5.80. The molecule has 4 aromatic rings. The van der Waals surface area contributed by atoms with Crippen molar-refractivity contribution < 1.29 is 4.79 Å². The molecule has 0 aromatic heterocycles. The van der Waals surface area contributed by atoms with Crippen LogP contribution in [-0.2, 0) is 6.42 Å². The Bertz CT molecular complexity index is 1400. The Morgan fingerprint density at radius 3 is 1.69 bits per heavy atom. The molecule has 0 N–H and O–H groups in total. The van der Waals surface area contributed by atoms with Crippen molar-refractivity contribution in [2.75, 3.05) is 0 Å². The van der Waals surface area contributed by atoms with Gasteiger partial charge in [-0.15, -0.1) is 0 Å². The number of aldehydes is 1. The summed E-state index contributed by atoms with van der Waals surface area (Å²) in [6, 6.07) is 27.5. The minimum atomic E-state index is 0. The van der Waals surface area contributed by atoms with Gasteiger partial charge in [0.1, 0.15) is 6.29 Å². The molecule has 0 aliphatic rings. The summed E-state index contributed by atoms with van der Waals surface area (Å²) in [5.74, 6) is 0. The Kier molecular flexibility index (Phi) is 9.71. The summed E-state index contributed by atoms with van der Waals surface area (Å²) in [6.45, 7) is 20.3. The molecule has 0 unspecified atom stereocenters. The molecule has 0 atom stereocenters. The fourth-order valence-corrected chi connectivity index (χ4v) is 3.79. The monoisotopic (exact) mass is 458 g/mol. The number of hydrogen-bond acceptors (Lipinski definition) is 1. The molecule has 4 aromatic carbocycles. The van der Waals surface area contributed by atoms with Crippen LogP contribution >= 0.6 is 0 Å². The molecule has 35 heavy (non-hydrogen) atoms. The van der Waals surface area contributed by atoms with Crippen LogP contribution in [0.2, 0.25) is 0 Å². The summed E-state index contributed by atoms with van der Waals surface area (Å²) in [4.78, 5) is 17.7. The summed E-state index contributed by atoms with van der Waals surface area (Å²) in [5.41, 5.74) is 9.87. The maximum atomic E-state index is 10.8. The van der Waals surface area contributed by atoms with E-state index in [1.54, 1.807) is 6.07 Å². The number of benzene rings is 4. The van der Waals surface area contributed by atoms with E-state index in [1.165, 1.54) is 16.7 Å². The third kappa shape index (κ3) is 7.26. The molecule has 0 saturated carbocycles. The molecule has 0 spiro atoms. The zero-order valence-corrected chi connectivity index (χ0v) is 19.7. The van der Waals surface area contributed by atoms with E-state index in [0.29, 0.717) is 16.9 Å². The molecule has 0 radical (unpaired) electrons. The maximum absolute atomic E-state index is 10.8. The van der Waals surface area contributed by atoms with Crippen LogP contribution in [-0.4, -0.2) is 6.29 Å². The second-order valence-electron chi connectivity index (χ2n) is 8.14. The molecule has 0 aliphatic carbocycles. The van der Waals surface area contributed by atoms with Gasteiger partial charge in [-0.25, -0.2) is 9.69 Å². The van der Waals surface area contributed by atoms with E-state index in [-0.39, 0.29) is 7.43 Å². The molecular weight excluding hydrogens is 428 g/mol. The van der Waals surface area contributed by atoms with Crippen molar-refractivity contribution >= 4 is 17.7 Å². The lowest BCUT2D eigenvalue weighted by molar-refractivity contribution is 0.112. The van der Waals surface area contributed by atoms with Crippen LogP contribution in [0.25, 0.3) is 31.9 Å². The largest absolute Gasteiger partial charge is 0.298 e. The molecule has 174 valence electrons. The number of hydrogen-bond donors (Lipinski definition) is 0. The minimum absolute atomic E-state index is 0. The van der Waals surface area contributed by atoms with Gasteiger partial charge in [0.2, 0.25) is 0 Å². The summed E-state index contributed by atoms with van der Waals surface area (Å²) in [5, 5.41) is 0. The number of nitrogens with zero attached hydrogens (tertiary/aromatic N) is 2. The molecule has 0 aliphatic heterocycles. The van der Waals surface area contributed by atoms with Crippen LogP contribution in [0.15, 0.2) is 84.9 Å². The zero-order chi connectivity index (χ0) is 24.5. The topological polar surface area (TPSA) is 25.8 Å². The molecule has 0 bridgehead atoms.